The number of fused-ring (bicyclic) bond motifs is 1. The van der Waals surface area contributed by atoms with Crippen LogP contribution in [0, 0.1) is 11.3 Å². The normalized spacial score (nSPS) is 10.8. The van der Waals surface area contributed by atoms with Crippen LogP contribution in [0.3, 0.4) is 0 Å². The van der Waals surface area contributed by atoms with E-state index in [1.807, 2.05) is 30.3 Å². The molecule has 0 amide bonds. The molecule has 1 heterocycles. The molecule has 1 aromatic heterocycles. The molecule has 0 spiro atoms. The van der Waals surface area contributed by atoms with E-state index in [0.29, 0.717) is 5.56 Å². The molecule has 0 N–H and O–H groups in total. The van der Waals surface area contributed by atoms with E-state index in [1.165, 1.54) is 0 Å². The average Bonchev–Trinajstić information content (AvgIpc) is 2.50. The van der Waals surface area contributed by atoms with Gasteiger partial charge in [0, 0.05) is 18.5 Å². The zero-order valence-electron chi connectivity index (χ0n) is 13.0. The first-order valence-corrected chi connectivity index (χ1v) is 7.35. The van der Waals surface area contributed by atoms with Gasteiger partial charge < -0.3 is 9.80 Å². The van der Waals surface area contributed by atoms with E-state index in [4.69, 9.17) is 4.98 Å². The Bertz CT molecular complexity index is 643. The van der Waals surface area contributed by atoms with Crippen LogP contribution in [0.25, 0.3) is 10.9 Å². The molecule has 0 aliphatic heterocycles. The van der Waals surface area contributed by atoms with E-state index < -0.39 is 0 Å². The minimum atomic E-state index is 0.653. The predicted molar refractivity (Wildman–Crippen MR) is 87.5 cm³/mol. The fourth-order valence-corrected chi connectivity index (χ4v) is 2.42. The van der Waals surface area contributed by atoms with E-state index in [-0.39, 0.29) is 0 Å². The number of benzene rings is 1. The molecule has 4 nitrogen and oxygen atoms in total. The molecule has 2 rings (SSSR count). The molecule has 0 unspecified atom stereocenters. The van der Waals surface area contributed by atoms with Crippen molar-refractivity contribution in [3.8, 4) is 6.07 Å². The molecule has 0 aliphatic rings. The second-order valence-electron chi connectivity index (χ2n) is 5.40. The molecule has 0 saturated heterocycles. The van der Waals surface area contributed by atoms with Gasteiger partial charge in [0.2, 0.25) is 0 Å². The molecule has 1 aromatic carbocycles. The molecule has 110 valence electrons. The van der Waals surface area contributed by atoms with Crippen molar-refractivity contribution in [1.29, 1.82) is 5.26 Å². The molecule has 0 radical (unpaired) electrons. The fourth-order valence-electron chi connectivity index (χ4n) is 2.42. The van der Waals surface area contributed by atoms with E-state index in [9.17, 15) is 5.26 Å². The number of pyridine rings is 1. The largest absolute Gasteiger partial charge is 0.356 e. The number of aromatic nitrogens is 1. The highest BCUT2D eigenvalue weighted by Crippen LogP contribution is 2.23. The van der Waals surface area contributed by atoms with Crippen molar-refractivity contribution >= 4 is 16.7 Å². The second-order valence-corrected chi connectivity index (χ2v) is 5.40. The van der Waals surface area contributed by atoms with Crippen LogP contribution in [-0.4, -0.2) is 43.6 Å². The molecule has 0 atom stereocenters. The summed E-state index contributed by atoms with van der Waals surface area (Å²) in [5.74, 6) is 0.803. The summed E-state index contributed by atoms with van der Waals surface area (Å²) >= 11 is 0. The summed E-state index contributed by atoms with van der Waals surface area (Å²) in [5.41, 5.74) is 1.60. The van der Waals surface area contributed by atoms with Crippen molar-refractivity contribution in [2.45, 2.75) is 13.3 Å². The highest BCUT2D eigenvalue weighted by molar-refractivity contribution is 5.83. The number of nitriles is 1. The van der Waals surface area contributed by atoms with Crippen LogP contribution >= 0.6 is 0 Å². The maximum absolute atomic E-state index is 9.41. The standard InChI is InChI=1S/C17H22N4/c1-4-21(11-7-10-20(2)3)17-15(13-18)12-14-8-5-6-9-16(14)19-17/h5-6,8-9,12H,4,7,10-11H2,1-3H3. The summed E-state index contributed by atoms with van der Waals surface area (Å²) in [6.07, 6.45) is 1.06. The van der Waals surface area contributed by atoms with Gasteiger partial charge in [-0.3, -0.25) is 0 Å². The van der Waals surface area contributed by atoms with Gasteiger partial charge in [-0.2, -0.15) is 5.26 Å². The lowest BCUT2D eigenvalue weighted by Gasteiger charge is -2.24. The SMILES string of the molecule is CCN(CCCN(C)C)c1nc2ccccc2cc1C#N. The molecule has 0 fully saturated rings. The van der Waals surface area contributed by atoms with Crippen molar-refractivity contribution in [3.63, 3.8) is 0 Å². The van der Waals surface area contributed by atoms with Crippen LogP contribution in [0.15, 0.2) is 30.3 Å². The molecular formula is C17H22N4. The Labute approximate surface area is 126 Å². The van der Waals surface area contributed by atoms with Crippen LogP contribution in [0.4, 0.5) is 5.82 Å². The Hall–Kier alpha value is -2.12. The lowest BCUT2D eigenvalue weighted by Crippen LogP contribution is -2.28. The summed E-state index contributed by atoms with van der Waals surface area (Å²) in [7, 11) is 4.15. The zero-order chi connectivity index (χ0) is 15.2. The average molecular weight is 282 g/mol. The summed E-state index contributed by atoms with van der Waals surface area (Å²) in [5, 5.41) is 10.4. The monoisotopic (exact) mass is 282 g/mol. The van der Waals surface area contributed by atoms with Crippen LogP contribution in [-0.2, 0) is 0 Å². The molecule has 4 heteroatoms. The number of rotatable bonds is 6. The van der Waals surface area contributed by atoms with Gasteiger partial charge in [0.1, 0.15) is 11.9 Å². The predicted octanol–water partition coefficient (Wildman–Crippen LogP) is 2.88. The van der Waals surface area contributed by atoms with Crippen molar-refractivity contribution in [2.75, 3.05) is 38.6 Å². The zero-order valence-corrected chi connectivity index (χ0v) is 13.0. The Kier molecular flexibility index (Phi) is 5.13. The Morgan fingerprint density at radius 3 is 2.62 bits per heavy atom. The maximum atomic E-state index is 9.41. The smallest absolute Gasteiger partial charge is 0.147 e. The van der Waals surface area contributed by atoms with E-state index in [0.717, 1.165) is 42.8 Å². The van der Waals surface area contributed by atoms with E-state index in [1.54, 1.807) is 0 Å². The fraction of sp³-hybridized carbons (Fsp3) is 0.412. The highest BCUT2D eigenvalue weighted by Gasteiger charge is 2.13. The van der Waals surface area contributed by atoms with Gasteiger partial charge in [-0.15, -0.1) is 0 Å². The summed E-state index contributed by atoms with van der Waals surface area (Å²) in [4.78, 5) is 9.07. The molecule has 2 aromatic rings. The number of nitrogens with zero attached hydrogens (tertiary/aromatic N) is 4. The third-order valence-electron chi connectivity index (χ3n) is 3.54. The Morgan fingerprint density at radius 2 is 1.95 bits per heavy atom. The van der Waals surface area contributed by atoms with E-state index >= 15 is 0 Å². The molecule has 0 aliphatic carbocycles. The van der Waals surface area contributed by atoms with Gasteiger partial charge in [-0.1, -0.05) is 18.2 Å². The second kappa shape index (κ2) is 7.05. The lowest BCUT2D eigenvalue weighted by atomic mass is 10.1. The molecule has 0 bridgehead atoms. The van der Waals surface area contributed by atoms with Gasteiger partial charge in [-0.25, -0.2) is 4.98 Å². The lowest BCUT2D eigenvalue weighted by molar-refractivity contribution is 0.400. The Morgan fingerprint density at radius 1 is 1.19 bits per heavy atom. The highest BCUT2D eigenvalue weighted by atomic mass is 15.2. The number of hydrogen-bond donors (Lipinski definition) is 0. The van der Waals surface area contributed by atoms with Crippen LogP contribution in [0.1, 0.15) is 18.9 Å². The first-order chi connectivity index (χ1) is 10.2. The number of anilines is 1. The quantitative estimate of drug-likeness (QED) is 0.817. The van der Waals surface area contributed by atoms with Gasteiger partial charge in [0.15, 0.2) is 0 Å². The summed E-state index contributed by atoms with van der Waals surface area (Å²) in [6.45, 7) is 4.90. The summed E-state index contributed by atoms with van der Waals surface area (Å²) < 4.78 is 0. The topological polar surface area (TPSA) is 43.2 Å². The van der Waals surface area contributed by atoms with Gasteiger partial charge >= 0.3 is 0 Å². The molecule has 21 heavy (non-hydrogen) atoms. The van der Waals surface area contributed by atoms with E-state index in [2.05, 4.69) is 36.9 Å². The minimum Gasteiger partial charge on any atom is -0.356 e. The van der Waals surface area contributed by atoms with Crippen molar-refractivity contribution in [3.05, 3.63) is 35.9 Å². The third-order valence-corrected chi connectivity index (χ3v) is 3.54. The van der Waals surface area contributed by atoms with Crippen molar-refractivity contribution < 1.29 is 0 Å². The van der Waals surface area contributed by atoms with Crippen molar-refractivity contribution in [1.82, 2.24) is 9.88 Å². The number of para-hydroxylation sites is 1. The van der Waals surface area contributed by atoms with Gasteiger partial charge in [0.05, 0.1) is 11.1 Å². The molecule has 0 saturated carbocycles. The van der Waals surface area contributed by atoms with Crippen LogP contribution in [0.2, 0.25) is 0 Å². The Balaban J connectivity index is 2.31. The van der Waals surface area contributed by atoms with Crippen LogP contribution < -0.4 is 4.90 Å². The first kappa shape index (κ1) is 15.3. The minimum absolute atomic E-state index is 0.653. The maximum Gasteiger partial charge on any atom is 0.147 e. The number of hydrogen-bond acceptors (Lipinski definition) is 4. The van der Waals surface area contributed by atoms with Crippen molar-refractivity contribution in [2.24, 2.45) is 0 Å². The van der Waals surface area contributed by atoms with Gasteiger partial charge in [0.25, 0.3) is 0 Å². The first-order valence-electron chi connectivity index (χ1n) is 7.35. The third kappa shape index (κ3) is 3.71. The van der Waals surface area contributed by atoms with Crippen LogP contribution in [0.5, 0.6) is 0 Å². The van der Waals surface area contributed by atoms with Gasteiger partial charge in [-0.05, 0) is 46.1 Å². The molecular weight excluding hydrogens is 260 g/mol. The summed E-state index contributed by atoms with van der Waals surface area (Å²) in [6, 6.07) is 12.2.